The van der Waals surface area contributed by atoms with Crippen molar-refractivity contribution in [1.82, 2.24) is 4.57 Å². The number of hydrogen-bond donors (Lipinski definition) is 0. The third-order valence-electron chi connectivity index (χ3n) is 4.27. The molecule has 1 aromatic heterocycles. The second kappa shape index (κ2) is 6.04. The highest BCUT2D eigenvalue weighted by molar-refractivity contribution is 5.83. The van der Waals surface area contributed by atoms with E-state index in [-0.39, 0.29) is 6.42 Å². The molecule has 0 aliphatic carbocycles. The Morgan fingerprint density at radius 1 is 0.958 bits per heavy atom. The molecule has 120 valence electrons. The minimum atomic E-state index is -2.32. The largest absolute Gasteiger partial charge is 0.308 e. The number of nitrogens with zero attached hydrogens (tertiary/aromatic N) is 2. The Hall–Kier alpha value is -2.75. The van der Waals surface area contributed by atoms with Gasteiger partial charge in [0.25, 0.3) is 0 Å². The van der Waals surface area contributed by atoms with Gasteiger partial charge in [0.1, 0.15) is 0 Å². The SMILES string of the molecule is FC(F)Cc1ccc(-c2ccc3n2-c2ccccc2CN=C3)cc1. The maximum absolute atomic E-state index is 12.5. The minimum Gasteiger partial charge on any atom is -0.308 e. The fourth-order valence-electron chi connectivity index (χ4n) is 3.14. The van der Waals surface area contributed by atoms with Crippen LogP contribution in [0.25, 0.3) is 16.9 Å². The molecule has 0 radical (unpaired) electrons. The number of para-hydroxylation sites is 1. The van der Waals surface area contributed by atoms with Gasteiger partial charge in [0, 0.05) is 12.6 Å². The summed E-state index contributed by atoms with van der Waals surface area (Å²) in [7, 11) is 0. The first kappa shape index (κ1) is 14.8. The molecule has 0 spiro atoms. The first-order valence-corrected chi connectivity index (χ1v) is 7.90. The van der Waals surface area contributed by atoms with E-state index in [4.69, 9.17) is 0 Å². The average Bonchev–Trinajstić information content (AvgIpc) is 2.90. The van der Waals surface area contributed by atoms with E-state index in [1.807, 2.05) is 42.6 Å². The lowest BCUT2D eigenvalue weighted by molar-refractivity contribution is 0.149. The van der Waals surface area contributed by atoms with Crippen molar-refractivity contribution in [2.75, 3.05) is 0 Å². The van der Waals surface area contributed by atoms with Gasteiger partial charge in [-0.1, -0.05) is 42.5 Å². The summed E-state index contributed by atoms with van der Waals surface area (Å²) in [5, 5.41) is 0. The first-order chi connectivity index (χ1) is 11.7. The van der Waals surface area contributed by atoms with Crippen LogP contribution < -0.4 is 0 Å². The van der Waals surface area contributed by atoms with E-state index < -0.39 is 6.43 Å². The van der Waals surface area contributed by atoms with E-state index in [2.05, 4.69) is 21.7 Å². The van der Waals surface area contributed by atoms with Crippen LogP contribution in [0.1, 0.15) is 16.8 Å². The zero-order valence-electron chi connectivity index (χ0n) is 13.0. The van der Waals surface area contributed by atoms with Crippen molar-refractivity contribution < 1.29 is 8.78 Å². The standard InChI is InChI=1S/C20H16F2N2/c21-20(22)11-14-5-7-15(8-6-14)19-10-9-17-13-23-12-16-3-1-2-4-18(16)24(17)19/h1-10,13,20H,11-12H2. The molecule has 2 nitrogen and oxygen atoms in total. The summed E-state index contributed by atoms with van der Waals surface area (Å²) < 4.78 is 27.2. The molecule has 0 unspecified atom stereocenters. The summed E-state index contributed by atoms with van der Waals surface area (Å²) in [6.45, 7) is 0.657. The molecule has 1 aliphatic rings. The molecule has 0 bridgehead atoms. The molecule has 24 heavy (non-hydrogen) atoms. The number of aromatic nitrogens is 1. The molecule has 4 rings (SSSR count). The molecule has 0 saturated carbocycles. The number of alkyl halides is 2. The van der Waals surface area contributed by atoms with Crippen LogP contribution in [0, 0.1) is 0 Å². The van der Waals surface area contributed by atoms with Gasteiger partial charge in [-0.2, -0.15) is 0 Å². The Bertz CT molecular complexity index is 892. The van der Waals surface area contributed by atoms with Gasteiger partial charge in [0.05, 0.1) is 23.6 Å². The Morgan fingerprint density at radius 2 is 1.75 bits per heavy atom. The van der Waals surface area contributed by atoms with Crippen LogP contribution in [-0.4, -0.2) is 17.2 Å². The summed E-state index contributed by atoms with van der Waals surface area (Å²) >= 11 is 0. The highest BCUT2D eigenvalue weighted by atomic mass is 19.3. The first-order valence-electron chi connectivity index (χ1n) is 7.90. The molecule has 0 fully saturated rings. The second-order valence-electron chi connectivity index (χ2n) is 5.87. The Morgan fingerprint density at radius 3 is 2.54 bits per heavy atom. The summed E-state index contributed by atoms with van der Waals surface area (Å²) in [5.41, 5.74) is 5.99. The normalized spacial score (nSPS) is 12.8. The quantitative estimate of drug-likeness (QED) is 0.653. The number of rotatable bonds is 3. The fraction of sp³-hybridized carbons (Fsp3) is 0.150. The number of halogens is 2. The monoisotopic (exact) mass is 322 g/mol. The van der Waals surface area contributed by atoms with Crippen molar-refractivity contribution in [2.45, 2.75) is 19.4 Å². The van der Waals surface area contributed by atoms with E-state index in [1.54, 1.807) is 12.1 Å². The predicted molar refractivity (Wildman–Crippen MR) is 92.2 cm³/mol. The van der Waals surface area contributed by atoms with Crippen LogP contribution in [0.5, 0.6) is 0 Å². The molecule has 0 saturated heterocycles. The van der Waals surface area contributed by atoms with Crippen molar-refractivity contribution in [3.63, 3.8) is 0 Å². The van der Waals surface area contributed by atoms with Gasteiger partial charge in [-0.25, -0.2) is 8.78 Å². The summed E-state index contributed by atoms with van der Waals surface area (Å²) in [4.78, 5) is 4.48. The zero-order chi connectivity index (χ0) is 16.5. The van der Waals surface area contributed by atoms with Crippen molar-refractivity contribution in [1.29, 1.82) is 0 Å². The molecule has 2 heterocycles. The number of fused-ring (bicyclic) bond motifs is 3. The Labute approximate surface area is 139 Å². The van der Waals surface area contributed by atoms with Gasteiger partial charge < -0.3 is 4.57 Å². The van der Waals surface area contributed by atoms with E-state index in [0.29, 0.717) is 12.1 Å². The zero-order valence-corrected chi connectivity index (χ0v) is 13.0. The van der Waals surface area contributed by atoms with Gasteiger partial charge in [-0.05, 0) is 34.9 Å². The number of benzene rings is 2. The van der Waals surface area contributed by atoms with Crippen LogP contribution >= 0.6 is 0 Å². The average molecular weight is 322 g/mol. The molecule has 1 aliphatic heterocycles. The van der Waals surface area contributed by atoms with Crippen molar-refractivity contribution in [2.24, 2.45) is 4.99 Å². The number of aliphatic imine (C=N–C) groups is 1. The van der Waals surface area contributed by atoms with E-state index in [0.717, 1.165) is 22.6 Å². The molecule has 0 atom stereocenters. The summed E-state index contributed by atoms with van der Waals surface area (Å²) in [6, 6.07) is 19.6. The molecule has 3 aromatic rings. The maximum Gasteiger partial charge on any atom is 0.242 e. The summed E-state index contributed by atoms with van der Waals surface area (Å²) in [6.07, 6.45) is -0.639. The van der Waals surface area contributed by atoms with Crippen LogP contribution in [0.3, 0.4) is 0 Å². The van der Waals surface area contributed by atoms with Gasteiger partial charge in [-0.15, -0.1) is 0 Å². The van der Waals surface area contributed by atoms with Gasteiger partial charge in [-0.3, -0.25) is 4.99 Å². The predicted octanol–water partition coefficient (Wildman–Crippen LogP) is 4.88. The Kier molecular flexibility index (Phi) is 3.73. The second-order valence-corrected chi connectivity index (χ2v) is 5.87. The van der Waals surface area contributed by atoms with Crippen molar-refractivity contribution in [3.05, 3.63) is 77.5 Å². The van der Waals surface area contributed by atoms with Crippen LogP contribution in [0.4, 0.5) is 8.78 Å². The highest BCUT2D eigenvalue weighted by Gasteiger charge is 2.15. The Balaban J connectivity index is 1.80. The van der Waals surface area contributed by atoms with Crippen LogP contribution in [0.2, 0.25) is 0 Å². The van der Waals surface area contributed by atoms with Crippen molar-refractivity contribution in [3.8, 4) is 16.9 Å². The molecule has 0 amide bonds. The van der Waals surface area contributed by atoms with Gasteiger partial charge >= 0.3 is 0 Å². The van der Waals surface area contributed by atoms with E-state index in [9.17, 15) is 8.78 Å². The van der Waals surface area contributed by atoms with Gasteiger partial charge in [0.2, 0.25) is 6.43 Å². The van der Waals surface area contributed by atoms with E-state index in [1.165, 1.54) is 5.56 Å². The van der Waals surface area contributed by atoms with Gasteiger partial charge in [0.15, 0.2) is 0 Å². The molecule has 4 heteroatoms. The molecule has 0 N–H and O–H groups in total. The third-order valence-corrected chi connectivity index (χ3v) is 4.27. The topological polar surface area (TPSA) is 17.3 Å². The lowest BCUT2D eigenvalue weighted by Crippen LogP contribution is -2.02. The van der Waals surface area contributed by atoms with Crippen LogP contribution in [-0.2, 0) is 13.0 Å². The molecule has 2 aromatic carbocycles. The highest BCUT2D eigenvalue weighted by Crippen LogP contribution is 2.30. The smallest absolute Gasteiger partial charge is 0.242 e. The lowest BCUT2D eigenvalue weighted by Gasteiger charge is -2.14. The minimum absolute atomic E-state index is 0.206. The third kappa shape index (κ3) is 2.64. The van der Waals surface area contributed by atoms with E-state index >= 15 is 0 Å². The van der Waals surface area contributed by atoms with Crippen molar-refractivity contribution >= 4 is 6.21 Å². The fourth-order valence-corrected chi connectivity index (χ4v) is 3.14. The summed E-state index contributed by atoms with van der Waals surface area (Å²) in [5.74, 6) is 0. The van der Waals surface area contributed by atoms with Crippen LogP contribution in [0.15, 0.2) is 65.7 Å². The molecular weight excluding hydrogens is 306 g/mol. The number of hydrogen-bond acceptors (Lipinski definition) is 1. The lowest BCUT2D eigenvalue weighted by atomic mass is 10.1. The maximum atomic E-state index is 12.5. The molecular formula is C20H16F2N2.